The average molecular weight is 353 g/mol. The van der Waals surface area contributed by atoms with Crippen LogP contribution in [0.3, 0.4) is 0 Å². The van der Waals surface area contributed by atoms with Crippen molar-refractivity contribution >= 4 is 16.7 Å². The van der Waals surface area contributed by atoms with Crippen LogP contribution >= 0.6 is 0 Å². The number of likely N-dealkylation sites (N-methyl/N-ethyl adjacent to an activating group) is 1. The van der Waals surface area contributed by atoms with Gasteiger partial charge < -0.3 is 19.6 Å². The van der Waals surface area contributed by atoms with Gasteiger partial charge in [0.1, 0.15) is 11.3 Å². The van der Waals surface area contributed by atoms with E-state index in [2.05, 4.69) is 21.8 Å². The molecule has 136 valence electrons. The van der Waals surface area contributed by atoms with Crippen LogP contribution in [0, 0.1) is 0 Å². The van der Waals surface area contributed by atoms with E-state index in [1.807, 2.05) is 12.1 Å². The third-order valence-electron chi connectivity index (χ3n) is 5.02. The summed E-state index contributed by atoms with van der Waals surface area (Å²) in [6.45, 7) is 4.78. The summed E-state index contributed by atoms with van der Waals surface area (Å²) < 4.78 is 7.71. The Kier molecular flexibility index (Phi) is 4.26. The molecule has 0 aromatic carbocycles. The summed E-state index contributed by atoms with van der Waals surface area (Å²) in [4.78, 5) is 21.3. The number of aryl methyl sites for hydroxylation is 1. The maximum atomic E-state index is 12.6. The Bertz CT molecular complexity index is 999. The quantitative estimate of drug-likeness (QED) is 0.769. The van der Waals surface area contributed by atoms with Gasteiger partial charge in [0.15, 0.2) is 0 Å². The summed E-state index contributed by atoms with van der Waals surface area (Å²) in [6, 6.07) is 3.72. The van der Waals surface area contributed by atoms with Crippen LogP contribution in [0.1, 0.15) is 5.76 Å². The van der Waals surface area contributed by atoms with E-state index in [9.17, 15) is 4.79 Å². The standard InChI is InChI=1S/C19H23N5O2/c1-22-5-7-24(8-6-22)11-13-9-15-18(26-13)16(12-23(2)19(15)25)14-3-4-21-10-17(14)20/h3-4,9-10,12H,5-8,11,20H2,1-2H3. The normalized spacial score (nSPS) is 16.4. The van der Waals surface area contributed by atoms with Gasteiger partial charge in [-0.15, -0.1) is 0 Å². The van der Waals surface area contributed by atoms with E-state index >= 15 is 0 Å². The fourth-order valence-corrected chi connectivity index (χ4v) is 3.45. The first kappa shape index (κ1) is 16.8. The van der Waals surface area contributed by atoms with Crippen molar-refractivity contribution in [3.63, 3.8) is 0 Å². The maximum Gasteiger partial charge on any atom is 0.261 e. The van der Waals surface area contributed by atoms with Gasteiger partial charge in [0.25, 0.3) is 5.56 Å². The van der Waals surface area contributed by atoms with Crippen molar-refractivity contribution in [3.8, 4) is 11.1 Å². The van der Waals surface area contributed by atoms with Crippen LogP contribution in [0.15, 0.2) is 39.9 Å². The molecule has 0 atom stereocenters. The zero-order valence-electron chi connectivity index (χ0n) is 15.1. The molecule has 4 rings (SSSR count). The summed E-state index contributed by atoms with van der Waals surface area (Å²) in [7, 11) is 3.88. The molecule has 1 fully saturated rings. The Labute approximate surface area is 151 Å². The van der Waals surface area contributed by atoms with Gasteiger partial charge in [-0.25, -0.2) is 0 Å². The molecule has 1 aliphatic rings. The lowest BCUT2D eigenvalue weighted by Gasteiger charge is -2.31. The van der Waals surface area contributed by atoms with Crippen molar-refractivity contribution in [1.29, 1.82) is 0 Å². The van der Waals surface area contributed by atoms with Crippen molar-refractivity contribution in [2.24, 2.45) is 7.05 Å². The molecule has 4 heterocycles. The van der Waals surface area contributed by atoms with E-state index in [1.54, 1.807) is 30.2 Å². The average Bonchev–Trinajstić information content (AvgIpc) is 3.05. The van der Waals surface area contributed by atoms with Crippen LogP contribution in [-0.2, 0) is 13.6 Å². The molecule has 0 amide bonds. The summed E-state index contributed by atoms with van der Waals surface area (Å²) in [5.74, 6) is 0.807. The molecule has 3 aromatic heterocycles. The van der Waals surface area contributed by atoms with Crippen molar-refractivity contribution in [1.82, 2.24) is 19.4 Å². The van der Waals surface area contributed by atoms with Crippen LogP contribution in [0.5, 0.6) is 0 Å². The van der Waals surface area contributed by atoms with E-state index in [4.69, 9.17) is 10.2 Å². The molecule has 1 saturated heterocycles. The van der Waals surface area contributed by atoms with E-state index in [0.717, 1.165) is 43.1 Å². The highest BCUT2D eigenvalue weighted by atomic mass is 16.3. The summed E-state index contributed by atoms with van der Waals surface area (Å²) >= 11 is 0. The third kappa shape index (κ3) is 3.00. The number of piperazine rings is 1. The lowest BCUT2D eigenvalue weighted by molar-refractivity contribution is 0.141. The second kappa shape index (κ2) is 6.59. The Morgan fingerprint density at radius 1 is 1.19 bits per heavy atom. The number of aromatic nitrogens is 2. The van der Waals surface area contributed by atoms with Gasteiger partial charge >= 0.3 is 0 Å². The lowest BCUT2D eigenvalue weighted by atomic mass is 10.1. The molecule has 0 aliphatic carbocycles. The number of furan rings is 1. The number of fused-ring (bicyclic) bond motifs is 1. The lowest BCUT2D eigenvalue weighted by Crippen LogP contribution is -2.43. The number of hydrogen-bond donors (Lipinski definition) is 1. The number of rotatable bonds is 3. The number of pyridine rings is 2. The Hall–Kier alpha value is -2.64. The van der Waals surface area contributed by atoms with Gasteiger partial charge in [-0.2, -0.15) is 0 Å². The van der Waals surface area contributed by atoms with Crippen molar-refractivity contribution < 1.29 is 4.42 Å². The first-order chi connectivity index (χ1) is 12.5. The third-order valence-corrected chi connectivity index (χ3v) is 5.02. The Balaban J connectivity index is 1.77. The number of hydrogen-bond acceptors (Lipinski definition) is 6. The molecule has 26 heavy (non-hydrogen) atoms. The van der Waals surface area contributed by atoms with E-state index in [-0.39, 0.29) is 5.56 Å². The first-order valence-electron chi connectivity index (χ1n) is 8.76. The number of anilines is 1. The number of nitrogens with zero attached hydrogens (tertiary/aromatic N) is 4. The fourth-order valence-electron chi connectivity index (χ4n) is 3.45. The predicted molar refractivity (Wildman–Crippen MR) is 102 cm³/mol. The highest BCUT2D eigenvalue weighted by molar-refractivity contribution is 5.94. The van der Waals surface area contributed by atoms with Gasteiger partial charge in [-0.1, -0.05) is 0 Å². The van der Waals surface area contributed by atoms with Crippen LogP contribution in [0.25, 0.3) is 22.1 Å². The molecule has 1 aliphatic heterocycles. The van der Waals surface area contributed by atoms with Crippen molar-refractivity contribution in [3.05, 3.63) is 46.8 Å². The highest BCUT2D eigenvalue weighted by Gasteiger charge is 2.19. The van der Waals surface area contributed by atoms with Crippen LogP contribution in [0.4, 0.5) is 5.69 Å². The van der Waals surface area contributed by atoms with Gasteiger partial charge in [-0.05, 0) is 19.2 Å². The zero-order valence-corrected chi connectivity index (χ0v) is 15.1. The minimum Gasteiger partial charge on any atom is -0.459 e. The summed E-state index contributed by atoms with van der Waals surface area (Å²) in [5, 5.41) is 0.588. The summed E-state index contributed by atoms with van der Waals surface area (Å²) in [6.07, 6.45) is 5.08. The first-order valence-corrected chi connectivity index (χ1v) is 8.76. The maximum absolute atomic E-state index is 12.6. The fraction of sp³-hybridized carbons (Fsp3) is 0.368. The van der Waals surface area contributed by atoms with Crippen LogP contribution in [0.2, 0.25) is 0 Å². The molecule has 7 nitrogen and oxygen atoms in total. The molecule has 0 saturated carbocycles. The molecule has 3 aromatic rings. The van der Waals surface area contributed by atoms with E-state index < -0.39 is 0 Å². The van der Waals surface area contributed by atoms with Gasteiger partial charge in [0.05, 0.1) is 23.8 Å². The number of nitrogen functional groups attached to an aromatic ring is 1. The van der Waals surface area contributed by atoms with Gasteiger partial charge in [-0.3, -0.25) is 14.7 Å². The smallest absolute Gasteiger partial charge is 0.261 e. The topological polar surface area (TPSA) is 80.5 Å². The molecular formula is C19H23N5O2. The Morgan fingerprint density at radius 2 is 1.96 bits per heavy atom. The highest BCUT2D eigenvalue weighted by Crippen LogP contribution is 2.32. The molecule has 2 N–H and O–H groups in total. The monoisotopic (exact) mass is 353 g/mol. The van der Waals surface area contributed by atoms with Crippen LogP contribution in [-0.4, -0.2) is 52.6 Å². The molecule has 0 spiro atoms. The molecule has 0 unspecified atom stereocenters. The molecular weight excluding hydrogens is 330 g/mol. The van der Waals surface area contributed by atoms with Gasteiger partial charge in [0.2, 0.25) is 0 Å². The largest absolute Gasteiger partial charge is 0.459 e. The van der Waals surface area contributed by atoms with Crippen LogP contribution < -0.4 is 11.3 Å². The summed E-state index contributed by atoms with van der Waals surface area (Å²) in [5.41, 5.74) is 8.82. The minimum absolute atomic E-state index is 0.0650. The Morgan fingerprint density at radius 3 is 2.69 bits per heavy atom. The minimum atomic E-state index is -0.0650. The predicted octanol–water partition coefficient (Wildman–Crippen LogP) is 1.52. The molecule has 7 heteroatoms. The van der Waals surface area contributed by atoms with E-state index in [0.29, 0.717) is 23.2 Å². The van der Waals surface area contributed by atoms with E-state index in [1.165, 1.54) is 0 Å². The SMILES string of the molecule is CN1CCN(Cc2cc3c(=O)n(C)cc(-c4ccncc4N)c3o2)CC1. The van der Waals surface area contributed by atoms with Crippen molar-refractivity contribution in [2.75, 3.05) is 39.0 Å². The molecule has 0 bridgehead atoms. The van der Waals surface area contributed by atoms with Gasteiger partial charge in [0, 0.05) is 56.7 Å². The number of nitrogens with two attached hydrogens (primary N) is 1. The second-order valence-corrected chi connectivity index (χ2v) is 6.96. The zero-order chi connectivity index (χ0) is 18.3. The second-order valence-electron chi connectivity index (χ2n) is 6.96. The van der Waals surface area contributed by atoms with Crippen molar-refractivity contribution in [2.45, 2.75) is 6.54 Å². The molecule has 0 radical (unpaired) electrons.